The number of alkyl halides is 3. The molecule has 4 rings (SSSR count). The largest absolute Gasteiger partial charge is 0.481 e. The number of fused-ring (bicyclic) bond motifs is 1. The van der Waals surface area contributed by atoms with Gasteiger partial charge in [-0.15, -0.1) is 11.8 Å². The van der Waals surface area contributed by atoms with Crippen molar-refractivity contribution in [2.24, 2.45) is 5.92 Å². The topological polar surface area (TPSA) is 70.7 Å². The Bertz CT molecular complexity index is 1190. The summed E-state index contributed by atoms with van der Waals surface area (Å²) in [5.74, 6) is -1.76. The average molecular weight is 468 g/mol. The number of thioether (sulfide) groups is 1. The van der Waals surface area contributed by atoms with E-state index in [1.807, 2.05) is 18.1 Å². The molecule has 32 heavy (non-hydrogen) atoms. The van der Waals surface area contributed by atoms with Crippen molar-refractivity contribution in [3.8, 4) is 11.3 Å². The van der Waals surface area contributed by atoms with Crippen molar-refractivity contribution in [2.45, 2.75) is 30.8 Å². The van der Waals surface area contributed by atoms with Crippen molar-refractivity contribution in [2.75, 3.05) is 24.2 Å². The van der Waals surface area contributed by atoms with Gasteiger partial charge in [-0.25, -0.2) is 9.37 Å². The molecule has 1 aliphatic rings. The summed E-state index contributed by atoms with van der Waals surface area (Å²) in [7, 11) is 0. The molecule has 0 aliphatic carbocycles. The first-order valence-corrected chi connectivity index (χ1v) is 11.1. The number of piperidine rings is 1. The Labute approximate surface area is 185 Å². The maximum atomic E-state index is 14.6. The Hall–Kier alpha value is -2.82. The van der Waals surface area contributed by atoms with E-state index in [9.17, 15) is 27.5 Å². The van der Waals surface area contributed by atoms with Gasteiger partial charge >= 0.3 is 12.1 Å². The molecule has 0 spiro atoms. The molecule has 3 aromatic rings. The number of aliphatic carboxylic acids is 1. The van der Waals surface area contributed by atoms with Gasteiger partial charge in [-0.3, -0.25) is 4.79 Å². The highest BCUT2D eigenvalue weighted by atomic mass is 32.2. The number of hydrogen-bond acceptors (Lipinski definition) is 5. The standard InChI is InChI=1S/C21H20F4N4O2S/c1-11-18(32-2)19(28-7-3-4-12(10-28)20(30)31)29-17(26-11)9-16(27-29)14-6-5-13(8-15(14)22)21(23,24)25/h5-6,8-9,12H,3-4,7,10H2,1-2H3,(H,30,31). The van der Waals surface area contributed by atoms with Gasteiger partial charge in [-0.1, -0.05) is 0 Å². The monoisotopic (exact) mass is 468 g/mol. The van der Waals surface area contributed by atoms with E-state index in [1.54, 1.807) is 0 Å². The zero-order valence-corrected chi connectivity index (χ0v) is 18.1. The number of carboxylic acids is 1. The number of nitrogens with zero attached hydrogens (tertiary/aromatic N) is 4. The van der Waals surface area contributed by atoms with Gasteiger partial charge in [0.2, 0.25) is 0 Å². The molecule has 1 atom stereocenters. The zero-order chi connectivity index (χ0) is 23.2. The van der Waals surface area contributed by atoms with Crippen molar-refractivity contribution in [1.29, 1.82) is 0 Å². The molecule has 11 heteroatoms. The fraction of sp³-hybridized carbons (Fsp3) is 0.381. The fourth-order valence-electron chi connectivity index (χ4n) is 4.01. The van der Waals surface area contributed by atoms with Crippen molar-refractivity contribution in [1.82, 2.24) is 14.6 Å². The van der Waals surface area contributed by atoms with Crippen LogP contribution in [0.15, 0.2) is 29.2 Å². The van der Waals surface area contributed by atoms with Crippen LogP contribution in [0.3, 0.4) is 0 Å². The molecule has 1 N–H and O–H groups in total. The van der Waals surface area contributed by atoms with Crippen LogP contribution in [-0.2, 0) is 11.0 Å². The average Bonchev–Trinajstić information content (AvgIpc) is 3.15. The Balaban J connectivity index is 1.84. The van der Waals surface area contributed by atoms with Gasteiger partial charge < -0.3 is 10.0 Å². The number of carbonyl (C=O) groups is 1. The fourth-order valence-corrected chi connectivity index (χ4v) is 4.74. The maximum absolute atomic E-state index is 14.6. The van der Waals surface area contributed by atoms with E-state index in [4.69, 9.17) is 0 Å². The Morgan fingerprint density at radius 1 is 1.28 bits per heavy atom. The molecule has 1 aromatic carbocycles. The number of aryl methyl sites for hydroxylation is 1. The van der Waals surface area contributed by atoms with Crippen LogP contribution in [0.2, 0.25) is 0 Å². The summed E-state index contributed by atoms with van der Waals surface area (Å²) in [5, 5.41) is 13.9. The molecular formula is C21H20F4N4O2S. The lowest BCUT2D eigenvalue weighted by molar-refractivity contribution is -0.142. The van der Waals surface area contributed by atoms with E-state index in [1.165, 1.54) is 22.3 Å². The zero-order valence-electron chi connectivity index (χ0n) is 17.3. The minimum absolute atomic E-state index is 0.0696. The lowest BCUT2D eigenvalue weighted by Gasteiger charge is -2.33. The van der Waals surface area contributed by atoms with Gasteiger partial charge in [-0.05, 0) is 44.2 Å². The number of anilines is 1. The van der Waals surface area contributed by atoms with Crippen LogP contribution < -0.4 is 4.90 Å². The van der Waals surface area contributed by atoms with Crippen LogP contribution in [0.4, 0.5) is 23.4 Å². The molecule has 6 nitrogen and oxygen atoms in total. The van der Waals surface area contributed by atoms with Crippen LogP contribution in [0.5, 0.6) is 0 Å². The molecule has 0 saturated carbocycles. The third-order valence-corrected chi connectivity index (χ3v) is 6.44. The molecule has 1 unspecified atom stereocenters. The normalized spacial score (nSPS) is 17.2. The molecule has 3 heterocycles. The van der Waals surface area contributed by atoms with E-state index < -0.39 is 29.4 Å². The van der Waals surface area contributed by atoms with Crippen molar-refractivity contribution >= 4 is 29.2 Å². The summed E-state index contributed by atoms with van der Waals surface area (Å²) in [6.07, 6.45) is -1.51. The van der Waals surface area contributed by atoms with Gasteiger partial charge in [0.05, 0.1) is 27.8 Å². The number of rotatable bonds is 4. The van der Waals surface area contributed by atoms with Gasteiger partial charge in [0.25, 0.3) is 0 Å². The minimum Gasteiger partial charge on any atom is -0.481 e. The van der Waals surface area contributed by atoms with Crippen LogP contribution in [0.25, 0.3) is 16.9 Å². The second-order valence-electron chi connectivity index (χ2n) is 7.67. The lowest BCUT2D eigenvalue weighted by atomic mass is 9.98. The lowest BCUT2D eigenvalue weighted by Crippen LogP contribution is -2.40. The molecule has 1 saturated heterocycles. The van der Waals surface area contributed by atoms with E-state index in [0.717, 1.165) is 17.0 Å². The number of aromatic nitrogens is 3. The quantitative estimate of drug-likeness (QED) is 0.435. The predicted molar refractivity (Wildman–Crippen MR) is 112 cm³/mol. The number of carboxylic acid groups (broad SMARTS) is 1. The van der Waals surface area contributed by atoms with Gasteiger partial charge in [-0.2, -0.15) is 22.8 Å². The summed E-state index contributed by atoms with van der Waals surface area (Å²) in [4.78, 5) is 18.8. The van der Waals surface area contributed by atoms with Crippen LogP contribution in [-0.4, -0.2) is 45.0 Å². The minimum atomic E-state index is -4.65. The highest BCUT2D eigenvalue weighted by Crippen LogP contribution is 2.36. The second kappa shape index (κ2) is 8.27. The van der Waals surface area contributed by atoms with E-state index in [-0.39, 0.29) is 11.3 Å². The molecule has 0 amide bonds. The summed E-state index contributed by atoms with van der Waals surface area (Å²) >= 11 is 1.44. The molecule has 1 aliphatic heterocycles. The third kappa shape index (κ3) is 4.01. The molecule has 0 bridgehead atoms. The van der Waals surface area contributed by atoms with E-state index >= 15 is 0 Å². The molecule has 0 radical (unpaired) electrons. The predicted octanol–water partition coefficient (Wildman–Crippen LogP) is 4.89. The highest BCUT2D eigenvalue weighted by molar-refractivity contribution is 7.98. The number of halogens is 4. The Morgan fingerprint density at radius 2 is 2.03 bits per heavy atom. The molecule has 2 aromatic heterocycles. The molecule has 1 fully saturated rings. The first-order valence-electron chi connectivity index (χ1n) is 9.89. The SMILES string of the molecule is CSc1c(C)nc2cc(-c3ccc(C(F)(F)F)cc3F)nn2c1N1CCCC(C(=O)O)C1. The Morgan fingerprint density at radius 3 is 2.66 bits per heavy atom. The summed E-state index contributed by atoms with van der Waals surface area (Å²) in [6.45, 7) is 2.74. The van der Waals surface area contributed by atoms with Crippen LogP contribution in [0, 0.1) is 18.7 Å². The summed E-state index contributed by atoms with van der Waals surface area (Å²) in [5.41, 5.74) is 0.114. The first kappa shape index (κ1) is 22.4. The van der Waals surface area contributed by atoms with Crippen molar-refractivity contribution < 1.29 is 27.5 Å². The second-order valence-corrected chi connectivity index (χ2v) is 8.49. The molecule has 170 valence electrons. The number of benzene rings is 1. The Kier molecular flexibility index (Phi) is 5.78. The van der Waals surface area contributed by atoms with Crippen LogP contribution in [0.1, 0.15) is 24.1 Å². The van der Waals surface area contributed by atoms with E-state index in [2.05, 4.69) is 10.1 Å². The summed E-state index contributed by atoms with van der Waals surface area (Å²) in [6, 6.07) is 3.85. The van der Waals surface area contributed by atoms with Crippen LogP contribution >= 0.6 is 11.8 Å². The van der Waals surface area contributed by atoms with Crippen molar-refractivity contribution in [3.63, 3.8) is 0 Å². The maximum Gasteiger partial charge on any atom is 0.416 e. The van der Waals surface area contributed by atoms with Gasteiger partial charge in [0.1, 0.15) is 11.6 Å². The van der Waals surface area contributed by atoms with E-state index in [0.29, 0.717) is 49.2 Å². The molecular weight excluding hydrogens is 448 g/mol. The van der Waals surface area contributed by atoms with Gasteiger partial charge in [0, 0.05) is 24.7 Å². The smallest absolute Gasteiger partial charge is 0.416 e. The third-order valence-electron chi connectivity index (χ3n) is 5.55. The summed E-state index contributed by atoms with van der Waals surface area (Å²) < 4.78 is 54.8. The van der Waals surface area contributed by atoms with Gasteiger partial charge in [0.15, 0.2) is 5.65 Å². The highest BCUT2D eigenvalue weighted by Gasteiger charge is 2.32. The van der Waals surface area contributed by atoms with Crippen molar-refractivity contribution in [3.05, 3.63) is 41.3 Å². The first-order chi connectivity index (χ1) is 15.1. The number of hydrogen-bond donors (Lipinski definition) is 1.